The number of aromatic nitrogens is 5. The molecule has 0 bridgehead atoms. The third kappa shape index (κ3) is 4.40. The third-order valence-corrected chi connectivity index (χ3v) is 2.88. The van der Waals surface area contributed by atoms with Crippen LogP contribution in [0.4, 0.5) is 10.7 Å². The molecule has 0 radical (unpaired) electrons. The van der Waals surface area contributed by atoms with Crippen LogP contribution in [0.3, 0.4) is 0 Å². The first-order valence-electron chi connectivity index (χ1n) is 7.58. The maximum Gasteiger partial charge on any atom is 0.408 e. The van der Waals surface area contributed by atoms with Gasteiger partial charge in [0, 0.05) is 26.5 Å². The van der Waals surface area contributed by atoms with Crippen molar-refractivity contribution in [3.8, 4) is 5.95 Å². The molecule has 130 valence electrons. The number of rotatable bonds is 4. The molecule has 1 atom stereocenters. The SMILES string of the molecule is C[C@H](NC(=O)OC(C)(C)C)c1nc(N(C)C)nn1-c1ncccn1. The van der Waals surface area contributed by atoms with E-state index >= 15 is 0 Å². The number of nitrogens with one attached hydrogen (secondary N) is 1. The lowest BCUT2D eigenvalue weighted by molar-refractivity contribution is 0.0505. The summed E-state index contributed by atoms with van der Waals surface area (Å²) in [5.41, 5.74) is -0.575. The Morgan fingerprint density at radius 3 is 2.46 bits per heavy atom. The fourth-order valence-electron chi connectivity index (χ4n) is 1.88. The summed E-state index contributed by atoms with van der Waals surface area (Å²) in [4.78, 5) is 26.6. The lowest BCUT2D eigenvalue weighted by atomic mass is 10.2. The average Bonchev–Trinajstić information content (AvgIpc) is 2.91. The highest BCUT2D eigenvalue weighted by molar-refractivity contribution is 5.68. The van der Waals surface area contributed by atoms with Crippen molar-refractivity contribution in [1.82, 2.24) is 30.0 Å². The Morgan fingerprint density at radius 1 is 1.29 bits per heavy atom. The summed E-state index contributed by atoms with van der Waals surface area (Å²) in [6, 6.07) is 1.28. The predicted octanol–water partition coefficient (Wildman–Crippen LogP) is 1.71. The second-order valence-corrected chi connectivity index (χ2v) is 6.49. The lowest BCUT2D eigenvalue weighted by Gasteiger charge is -2.21. The normalized spacial score (nSPS) is 12.6. The van der Waals surface area contributed by atoms with E-state index < -0.39 is 17.7 Å². The number of carbonyl (C=O) groups is 1. The molecular weight excluding hydrogens is 310 g/mol. The zero-order valence-electron chi connectivity index (χ0n) is 14.8. The standard InChI is InChI=1S/C15H23N7O2/c1-10(18-14(23)24-15(2,3)4)11-19-13(21(5)6)20-22(11)12-16-8-7-9-17-12/h7-10H,1-6H3,(H,18,23)/t10-/m0/s1. The van der Waals surface area contributed by atoms with Crippen molar-refractivity contribution in [1.29, 1.82) is 0 Å². The van der Waals surface area contributed by atoms with Gasteiger partial charge in [0.05, 0.1) is 6.04 Å². The molecule has 2 heterocycles. The number of alkyl carbamates (subject to hydrolysis) is 1. The highest BCUT2D eigenvalue weighted by Gasteiger charge is 2.24. The van der Waals surface area contributed by atoms with Crippen LogP contribution in [-0.2, 0) is 4.74 Å². The van der Waals surface area contributed by atoms with Gasteiger partial charge in [0.2, 0.25) is 5.95 Å². The van der Waals surface area contributed by atoms with Crippen molar-refractivity contribution in [3.63, 3.8) is 0 Å². The van der Waals surface area contributed by atoms with Crippen molar-refractivity contribution >= 4 is 12.0 Å². The smallest absolute Gasteiger partial charge is 0.408 e. The summed E-state index contributed by atoms with van der Waals surface area (Å²) in [7, 11) is 3.67. The first kappa shape index (κ1) is 17.6. The zero-order chi connectivity index (χ0) is 17.9. The number of nitrogens with zero attached hydrogens (tertiary/aromatic N) is 6. The predicted molar refractivity (Wildman–Crippen MR) is 89.1 cm³/mol. The van der Waals surface area contributed by atoms with Crippen LogP contribution in [0.1, 0.15) is 39.6 Å². The van der Waals surface area contributed by atoms with E-state index in [1.165, 1.54) is 4.68 Å². The Balaban J connectivity index is 2.29. The molecule has 0 fully saturated rings. The van der Waals surface area contributed by atoms with Crippen molar-refractivity contribution in [2.24, 2.45) is 0 Å². The minimum absolute atomic E-state index is 0.380. The number of hydrogen-bond acceptors (Lipinski definition) is 7. The molecular formula is C15H23N7O2. The molecule has 1 N–H and O–H groups in total. The maximum atomic E-state index is 12.0. The van der Waals surface area contributed by atoms with Gasteiger partial charge in [0.15, 0.2) is 5.82 Å². The molecule has 2 rings (SSSR count). The summed E-state index contributed by atoms with van der Waals surface area (Å²) >= 11 is 0. The first-order chi connectivity index (χ1) is 11.2. The van der Waals surface area contributed by atoms with Crippen LogP contribution in [0.5, 0.6) is 0 Å². The van der Waals surface area contributed by atoms with E-state index in [0.717, 1.165) is 0 Å². The molecule has 2 aromatic heterocycles. The monoisotopic (exact) mass is 333 g/mol. The number of hydrogen-bond donors (Lipinski definition) is 1. The molecule has 2 aromatic rings. The van der Waals surface area contributed by atoms with Crippen LogP contribution in [-0.4, -0.2) is 50.5 Å². The van der Waals surface area contributed by atoms with Gasteiger partial charge in [-0.2, -0.15) is 9.67 Å². The summed E-state index contributed by atoms with van der Waals surface area (Å²) in [6.45, 7) is 7.22. The summed E-state index contributed by atoms with van der Waals surface area (Å²) < 4.78 is 6.79. The van der Waals surface area contributed by atoms with Crippen LogP contribution in [0.25, 0.3) is 5.95 Å². The molecule has 0 aromatic carbocycles. The molecule has 0 saturated carbocycles. The molecule has 0 aliphatic rings. The Morgan fingerprint density at radius 2 is 1.92 bits per heavy atom. The second-order valence-electron chi connectivity index (χ2n) is 6.49. The van der Waals surface area contributed by atoms with Crippen LogP contribution < -0.4 is 10.2 Å². The van der Waals surface area contributed by atoms with Gasteiger partial charge in [-0.05, 0) is 33.8 Å². The van der Waals surface area contributed by atoms with Gasteiger partial charge in [-0.25, -0.2) is 14.8 Å². The largest absolute Gasteiger partial charge is 0.444 e. The van der Waals surface area contributed by atoms with Gasteiger partial charge < -0.3 is 15.0 Å². The van der Waals surface area contributed by atoms with E-state index in [-0.39, 0.29) is 0 Å². The molecule has 0 spiro atoms. The summed E-state index contributed by atoms with van der Waals surface area (Å²) in [6.07, 6.45) is 2.72. The quantitative estimate of drug-likeness (QED) is 0.909. The molecule has 0 aliphatic carbocycles. The molecule has 1 amide bonds. The average molecular weight is 333 g/mol. The van der Waals surface area contributed by atoms with Crippen molar-refractivity contribution in [3.05, 3.63) is 24.3 Å². The van der Waals surface area contributed by atoms with Crippen molar-refractivity contribution < 1.29 is 9.53 Å². The van der Waals surface area contributed by atoms with E-state index in [0.29, 0.717) is 17.7 Å². The molecule has 9 heteroatoms. The highest BCUT2D eigenvalue weighted by Crippen LogP contribution is 2.17. The van der Waals surface area contributed by atoms with E-state index in [9.17, 15) is 4.79 Å². The zero-order valence-corrected chi connectivity index (χ0v) is 14.8. The van der Waals surface area contributed by atoms with Gasteiger partial charge >= 0.3 is 6.09 Å². The Labute approximate surface area is 141 Å². The fraction of sp³-hybridized carbons (Fsp3) is 0.533. The molecule has 9 nitrogen and oxygen atoms in total. The van der Waals surface area contributed by atoms with E-state index in [1.54, 1.807) is 30.3 Å². The molecule has 24 heavy (non-hydrogen) atoms. The van der Waals surface area contributed by atoms with Crippen LogP contribution in [0, 0.1) is 0 Å². The minimum Gasteiger partial charge on any atom is -0.444 e. The minimum atomic E-state index is -0.575. The third-order valence-electron chi connectivity index (χ3n) is 2.88. The van der Waals surface area contributed by atoms with Gasteiger partial charge in [-0.3, -0.25) is 0 Å². The number of carbonyl (C=O) groups excluding carboxylic acids is 1. The number of amides is 1. The maximum absolute atomic E-state index is 12.0. The van der Waals surface area contributed by atoms with Gasteiger partial charge in [-0.1, -0.05) is 0 Å². The van der Waals surface area contributed by atoms with Crippen molar-refractivity contribution in [2.75, 3.05) is 19.0 Å². The topological polar surface area (TPSA) is 98.1 Å². The van der Waals surface area contributed by atoms with Crippen molar-refractivity contribution in [2.45, 2.75) is 39.3 Å². The second kappa shape index (κ2) is 6.81. The molecule has 0 saturated heterocycles. The fourth-order valence-corrected chi connectivity index (χ4v) is 1.88. The van der Waals surface area contributed by atoms with Gasteiger partial charge in [0.1, 0.15) is 5.60 Å². The van der Waals surface area contributed by atoms with Gasteiger partial charge in [0.25, 0.3) is 5.95 Å². The van der Waals surface area contributed by atoms with Crippen LogP contribution in [0.2, 0.25) is 0 Å². The van der Waals surface area contributed by atoms with E-state index in [2.05, 4.69) is 25.4 Å². The molecule has 0 unspecified atom stereocenters. The van der Waals surface area contributed by atoms with Crippen LogP contribution >= 0.6 is 0 Å². The lowest BCUT2D eigenvalue weighted by Crippen LogP contribution is -2.35. The van der Waals surface area contributed by atoms with E-state index in [1.807, 2.05) is 34.9 Å². The Hall–Kier alpha value is -2.71. The molecule has 0 aliphatic heterocycles. The summed E-state index contributed by atoms with van der Waals surface area (Å²) in [5.74, 6) is 1.39. The number of ether oxygens (including phenoxy) is 1. The Kier molecular flexibility index (Phi) is 5.01. The number of anilines is 1. The van der Waals surface area contributed by atoms with Gasteiger partial charge in [-0.15, -0.1) is 5.10 Å². The highest BCUT2D eigenvalue weighted by atomic mass is 16.6. The van der Waals surface area contributed by atoms with Crippen LogP contribution in [0.15, 0.2) is 18.5 Å². The first-order valence-corrected chi connectivity index (χ1v) is 7.58. The summed E-state index contributed by atoms with van der Waals surface area (Å²) in [5, 5.41) is 7.15. The Bertz CT molecular complexity index is 692. The van der Waals surface area contributed by atoms with E-state index in [4.69, 9.17) is 4.74 Å².